The predicted octanol–water partition coefficient (Wildman–Crippen LogP) is 1.50. The van der Waals surface area contributed by atoms with Crippen LogP contribution >= 0.6 is 0 Å². The molecule has 0 saturated carbocycles. The Labute approximate surface area is 55.8 Å². The highest BCUT2D eigenvalue weighted by molar-refractivity contribution is 4.65. The van der Waals surface area contributed by atoms with E-state index in [1.807, 2.05) is 20.8 Å². The maximum absolute atomic E-state index is 8.41. The molecule has 0 heterocycles. The molecule has 0 aromatic heterocycles. The molecule has 0 aromatic carbocycles. The van der Waals surface area contributed by atoms with E-state index in [0.717, 1.165) is 6.42 Å². The zero-order valence-corrected chi connectivity index (χ0v) is 6.26. The zero-order chi connectivity index (χ0) is 7.49. The molecule has 0 aromatic rings. The molecule has 2 N–H and O–H groups in total. The Morgan fingerprint density at radius 1 is 1.33 bits per heavy atom. The van der Waals surface area contributed by atoms with Crippen molar-refractivity contribution in [2.45, 2.75) is 27.2 Å². The van der Waals surface area contributed by atoms with Gasteiger partial charge in [-0.25, -0.2) is 0 Å². The fraction of sp³-hybridized carbons (Fsp3) is 1.00. The van der Waals surface area contributed by atoms with Crippen LogP contribution in [0.3, 0.4) is 0 Å². The summed E-state index contributed by atoms with van der Waals surface area (Å²) in [6.07, 6.45) is 0.935. The summed E-state index contributed by atoms with van der Waals surface area (Å²) < 4.78 is 0. The SMILES string of the molecule is CCC(C)(C)CN(O)O. The molecule has 0 atom stereocenters. The number of nitrogens with zero attached hydrogens (tertiary/aromatic N) is 1. The molecular weight excluding hydrogens is 118 g/mol. The van der Waals surface area contributed by atoms with Gasteiger partial charge in [0.2, 0.25) is 0 Å². The molecule has 9 heavy (non-hydrogen) atoms. The van der Waals surface area contributed by atoms with Crippen molar-refractivity contribution in [2.24, 2.45) is 5.41 Å². The van der Waals surface area contributed by atoms with E-state index in [9.17, 15) is 0 Å². The molecule has 0 radical (unpaired) electrons. The van der Waals surface area contributed by atoms with Gasteiger partial charge in [-0.1, -0.05) is 26.0 Å². The lowest BCUT2D eigenvalue weighted by atomic mass is 9.91. The van der Waals surface area contributed by atoms with E-state index in [1.165, 1.54) is 0 Å². The van der Waals surface area contributed by atoms with E-state index in [0.29, 0.717) is 6.54 Å². The van der Waals surface area contributed by atoms with Gasteiger partial charge in [0.1, 0.15) is 0 Å². The number of hydrogen-bond acceptors (Lipinski definition) is 3. The Bertz CT molecular complexity index is 81.1. The van der Waals surface area contributed by atoms with E-state index in [1.54, 1.807) is 0 Å². The van der Waals surface area contributed by atoms with Crippen molar-refractivity contribution in [1.29, 1.82) is 0 Å². The fourth-order valence-corrected chi connectivity index (χ4v) is 0.495. The molecule has 0 aliphatic rings. The lowest BCUT2D eigenvalue weighted by Crippen LogP contribution is -2.28. The van der Waals surface area contributed by atoms with Crippen LogP contribution in [-0.2, 0) is 0 Å². The van der Waals surface area contributed by atoms with Crippen LogP contribution in [0, 0.1) is 5.41 Å². The Morgan fingerprint density at radius 3 is 1.89 bits per heavy atom. The molecular formula is C6H15NO2. The van der Waals surface area contributed by atoms with Crippen LogP contribution in [0.2, 0.25) is 0 Å². The van der Waals surface area contributed by atoms with E-state index in [4.69, 9.17) is 10.4 Å². The second-order valence-electron chi connectivity index (χ2n) is 3.05. The van der Waals surface area contributed by atoms with Crippen LogP contribution in [-0.4, -0.2) is 22.2 Å². The average Bonchev–Trinajstić information content (AvgIpc) is 1.63. The monoisotopic (exact) mass is 133 g/mol. The highest BCUT2D eigenvalue weighted by atomic mass is 16.8. The summed E-state index contributed by atoms with van der Waals surface area (Å²) in [6, 6.07) is 0. The maximum atomic E-state index is 8.41. The first-order valence-electron chi connectivity index (χ1n) is 3.13. The van der Waals surface area contributed by atoms with Gasteiger partial charge in [0, 0.05) is 0 Å². The maximum Gasteiger partial charge on any atom is 0.0563 e. The third kappa shape index (κ3) is 4.39. The van der Waals surface area contributed by atoms with Crippen LogP contribution in [0.5, 0.6) is 0 Å². The minimum Gasteiger partial charge on any atom is -0.290 e. The predicted molar refractivity (Wildman–Crippen MR) is 34.4 cm³/mol. The molecule has 0 bridgehead atoms. The number of hydroxylamine groups is 2. The molecule has 0 aliphatic heterocycles. The van der Waals surface area contributed by atoms with Gasteiger partial charge in [-0.05, 0) is 11.8 Å². The summed E-state index contributed by atoms with van der Waals surface area (Å²) in [4.78, 5) is 0. The second-order valence-corrected chi connectivity index (χ2v) is 3.05. The van der Waals surface area contributed by atoms with Crippen molar-refractivity contribution >= 4 is 0 Å². The van der Waals surface area contributed by atoms with Gasteiger partial charge < -0.3 is 0 Å². The summed E-state index contributed by atoms with van der Waals surface area (Å²) in [5.74, 6) is 0. The van der Waals surface area contributed by atoms with Crippen LogP contribution < -0.4 is 0 Å². The van der Waals surface area contributed by atoms with Gasteiger partial charge in [0.15, 0.2) is 0 Å². The van der Waals surface area contributed by atoms with Crippen molar-refractivity contribution in [3.05, 3.63) is 0 Å². The smallest absolute Gasteiger partial charge is 0.0563 e. The first-order valence-corrected chi connectivity index (χ1v) is 3.13. The van der Waals surface area contributed by atoms with Crippen LogP contribution in [0.15, 0.2) is 0 Å². The lowest BCUT2D eigenvalue weighted by molar-refractivity contribution is -0.317. The van der Waals surface area contributed by atoms with Crippen molar-refractivity contribution in [3.63, 3.8) is 0 Å². The van der Waals surface area contributed by atoms with Gasteiger partial charge in [-0.15, -0.1) is 0 Å². The Kier molecular flexibility index (Phi) is 3.11. The summed E-state index contributed by atoms with van der Waals surface area (Å²) >= 11 is 0. The summed E-state index contributed by atoms with van der Waals surface area (Å²) in [6.45, 7) is 6.27. The van der Waals surface area contributed by atoms with Gasteiger partial charge >= 0.3 is 0 Å². The average molecular weight is 133 g/mol. The Hall–Kier alpha value is -0.120. The summed E-state index contributed by atoms with van der Waals surface area (Å²) in [5, 5.41) is 17.1. The van der Waals surface area contributed by atoms with Crippen molar-refractivity contribution in [1.82, 2.24) is 5.23 Å². The van der Waals surface area contributed by atoms with E-state index in [-0.39, 0.29) is 10.6 Å². The van der Waals surface area contributed by atoms with E-state index >= 15 is 0 Å². The van der Waals surface area contributed by atoms with Gasteiger partial charge in [-0.3, -0.25) is 10.4 Å². The standard InChI is InChI=1S/C6H15NO2/c1-4-6(2,3)5-7(8)9/h8-9H,4-5H2,1-3H3. The Morgan fingerprint density at radius 2 is 1.78 bits per heavy atom. The van der Waals surface area contributed by atoms with Gasteiger partial charge in [-0.2, -0.15) is 0 Å². The third-order valence-corrected chi connectivity index (χ3v) is 1.53. The summed E-state index contributed by atoms with van der Waals surface area (Å²) in [7, 11) is 0. The molecule has 56 valence electrons. The van der Waals surface area contributed by atoms with E-state index in [2.05, 4.69) is 0 Å². The largest absolute Gasteiger partial charge is 0.290 e. The molecule has 3 heteroatoms. The van der Waals surface area contributed by atoms with Crippen molar-refractivity contribution in [3.8, 4) is 0 Å². The molecule has 0 fully saturated rings. The minimum atomic E-state index is -0.0104. The quantitative estimate of drug-likeness (QED) is 0.573. The van der Waals surface area contributed by atoms with Crippen molar-refractivity contribution in [2.75, 3.05) is 6.54 Å². The van der Waals surface area contributed by atoms with Crippen LogP contribution in [0.25, 0.3) is 0 Å². The molecule has 0 spiro atoms. The molecule has 0 aliphatic carbocycles. The highest BCUT2D eigenvalue weighted by Crippen LogP contribution is 2.19. The molecule has 0 saturated heterocycles. The van der Waals surface area contributed by atoms with Gasteiger partial charge in [0.25, 0.3) is 0 Å². The topological polar surface area (TPSA) is 43.7 Å². The van der Waals surface area contributed by atoms with Crippen molar-refractivity contribution < 1.29 is 10.4 Å². The molecule has 0 amide bonds. The second kappa shape index (κ2) is 3.15. The first-order chi connectivity index (χ1) is 3.98. The zero-order valence-electron chi connectivity index (χ0n) is 6.26. The number of rotatable bonds is 3. The lowest BCUT2D eigenvalue weighted by Gasteiger charge is -2.23. The normalized spacial score (nSPS) is 12.7. The minimum absolute atomic E-state index is 0.0104. The van der Waals surface area contributed by atoms with E-state index < -0.39 is 0 Å². The third-order valence-electron chi connectivity index (χ3n) is 1.53. The fourth-order valence-electron chi connectivity index (χ4n) is 0.495. The molecule has 3 nitrogen and oxygen atoms in total. The van der Waals surface area contributed by atoms with Crippen LogP contribution in [0.4, 0.5) is 0 Å². The highest BCUT2D eigenvalue weighted by Gasteiger charge is 2.17. The summed E-state index contributed by atoms with van der Waals surface area (Å²) in [5.41, 5.74) is -0.0104. The van der Waals surface area contributed by atoms with Gasteiger partial charge in [0.05, 0.1) is 6.54 Å². The van der Waals surface area contributed by atoms with Crippen LogP contribution in [0.1, 0.15) is 27.2 Å². The Balaban J connectivity index is 3.58. The number of hydrogen-bond donors (Lipinski definition) is 2. The molecule has 0 rings (SSSR count). The molecule has 0 unspecified atom stereocenters. The first kappa shape index (κ1) is 8.88.